The van der Waals surface area contributed by atoms with Gasteiger partial charge in [-0.2, -0.15) is 0 Å². The van der Waals surface area contributed by atoms with Gasteiger partial charge in [0.15, 0.2) is 0 Å². The van der Waals surface area contributed by atoms with Crippen LogP contribution in [0.4, 0.5) is 4.39 Å². The van der Waals surface area contributed by atoms with Crippen LogP contribution < -0.4 is 0 Å². The molecule has 4 heteroatoms. The van der Waals surface area contributed by atoms with E-state index in [1.807, 2.05) is 18.4 Å². The Balaban J connectivity index is 2.47. The van der Waals surface area contributed by atoms with E-state index in [1.54, 1.807) is 0 Å². The van der Waals surface area contributed by atoms with Crippen molar-refractivity contribution >= 4 is 17.3 Å². The summed E-state index contributed by atoms with van der Waals surface area (Å²) in [4.78, 5) is 11.7. The van der Waals surface area contributed by atoms with Crippen molar-refractivity contribution in [3.05, 3.63) is 46.6 Å². The third-order valence-electron chi connectivity index (χ3n) is 2.49. The lowest BCUT2D eigenvalue weighted by Gasteiger charge is -2.00. The van der Waals surface area contributed by atoms with Crippen molar-refractivity contribution in [2.75, 3.05) is 0 Å². The molecule has 1 N–H and O–H groups in total. The molecule has 0 radical (unpaired) electrons. The fraction of sp³-hybridized carbons (Fsp3) is 0.154. The van der Waals surface area contributed by atoms with Gasteiger partial charge in [-0.05, 0) is 47.2 Å². The second-order valence-corrected chi connectivity index (χ2v) is 4.62. The molecule has 1 aromatic carbocycles. The van der Waals surface area contributed by atoms with E-state index < -0.39 is 11.8 Å². The van der Waals surface area contributed by atoms with Gasteiger partial charge in [-0.15, -0.1) is 11.3 Å². The van der Waals surface area contributed by atoms with Gasteiger partial charge in [-0.3, -0.25) is 0 Å². The minimum Gasteiger partial charge on any atom is -0.478 e. The monoisotopic (exact) mass is 250 g/mol. The molecule has 0 unspecified atom stereocenters. The maximum atomic E-state index is 13.3. The van der Waals surface area contributed by atoms with Crippen molar-refractivity contribution in [3.8, 4) is 10.4 Å². The summed E-state index contributed by atoms with van der Waals surface area (Å²) in [5, 5.41) is 10.9. The van der Waals surface area contributed by atoms with E-state index in [1.165, 1.54) is 29.0 Å². The zero-order valence-electron chi connectivity index (χ0n) is 9.24. The molecule has 1 heterocycles. The van der Waals surface area contributed by atoms with Gasteiger partial charge in [0.1, 0.15) is 5.82 Å². The molecule has 0 aliphatic carbocycles. The number of thiophene rings is 1. The predicted molar refractivity (Wildman–Crippen MR) is 66.1 cm³/mol. The van der Waals surface area contributed by atoms with E-state index in [9.17, 15) is 9.18 Å². The van der Waals surface area contributed by atoms with Gasteiger partial charge in [-0.1, -0.05) is 6.92 Å². The Morgan fingerprint density at radius 2 is 2.12 bits per heavy atom. The summed E-state index contributed by atoms with van der Waals surface area (Å²) in [5.74, 6) is -1.63. The minimum absolute atomic E-state index is 0.0218. The summed E-state index contributed by atoms with van der Waals surface area (Å²) >= 11 is 1.50. The van der Waals surface area contributed by atoms with Crippen LogP contribution in [0.3, 0.4) is 0 Å². The summed E-state index contributed by atoms with van der Waals surface area (Å²) in [7, 11) is 0. The van der Waals surface area contributed by atoms with Crippen LogP contribution in [0, 0.1) is 5.82 Å². The summed E-state index contributed by atoms with van der Waals surface area (Å²) in [6.45, 7) is 2.04. The Labute approximate surface area is 102 Å². The van der Waals surface area contributed by atoms with E-state index in [0.717, 1.165) is 17.4 Å². The molecule has 0 saturated carbocycles. The fourth-order valence-electron chi connectivity index (χ4n) is 1.57. The highest BCUT2D eigenvalue weighted by Gasteiger charge is 2.09. The lowest BCUT2D eigenvalue weighted by molar-refractivity contribution is 0.0696. The van der Waals surface area contributed by atoms with Gasteiger partial charge < -0.3 is 5.11 Å². The first-order valence-corrected chi connectivity index (χ1v) is 6.09. The van der Waals surface area contributed by atoms with Crippen LogP contribution in [-0.2, 0) is 6.42 Å². The van der Waals surface area contributed by atoms with Crippen LogP contribution >= 0.6 is 11.3 Å². The Kier molecular flexibility index (Phi) is 3.24. The molecule has 0 aliphatic rings. The quantitative estimate of drug-likeness (QED) is 0.899. The van der Waals surface area contributed by atoms with E-state index in [-0.39, 0.29) is 5.56 Å². The fourth-order valence-corrected chi connectivity index (χ4v) is 2.55. The molecule has 2 aromatic rings. The van der Waals surface area contributed by atoms with Gasteiger partial charge in [0.2, 0.25) is 0 Å². The highest BCUT2D eigenvalue weighted by molar-refractivity contribution is 7.13. The normalized spacial score (nSPS) is 10.5. The minimum atomic E-state index is -1.11. The number of halogens is 1. The molecule has 0 aliphatic heterocycles. The van der Waals surface area contributed by atoms with Crippen molar-refractivity contribution in [3.63, 3.8) is 0 Å². The second-order valence-electron chi connectivity index (χ2n) is 3.71. The highest BCUT2D eigenvalue weighted by atomic mass is 32.1. The molecule has 1 aromatic heterocycles. The van der Waals surface area contributed by atoms with Crippen molar-refractivity contribution < 1.29 is 14.3 Å². The van der Waals surface area contributed by atoms with Gasteiger partial charge in [-0.25, -0.2) is 9.18 Å². The Morgan fingerprint density at radius 1 is 1.35 bits per heavy atom. The van der Waals surface area contributed by atoms with Gasteiger partial charge in [0.25, 0.3) is 0 Å². The van der Waals surface area contributed by atoms with Crippen LogP contribution in [0.1, 0.15) is 22.8 Å². The first kappa shape index (κ1) is 11.8. The van der Waals surface area contributed by atoms with Crippen molar-refractivity contribution in [1.29, 1.82) is 0 Å². The lowest BCUT2D eigenvalue weighted by atomic mass is 10.1. The first-order valence-electron chi connectivity index (χ1n) is 5.22. The Hall–Kier alpha value is -1.68. The molecule has 2 nitrogen and oxygen atoms in total. The molecule has 88 valence electrons. The number of benzene rings is 1. The number of carboxylic acids is 1. The zero-order valence-corrected chi connectivity index (χ0v) is 10.1. The third kappa shape index (κ3) is 2.53. The predicted octanol–water partition coefficient (Wildman–Crippen LogP) is 3.81. The number of hydrogen-bond donors (Lipinski definition) is 1. The molecule has 2 rings (SSSR count). The van der Waals surface area contributed by atoms with Crippen LogP contribution in [-0.4, -0.2) is 11.1 Å². The summed E-state index contributed by atoms with van der Waals surface area (Å²) in [6, 6.07) is 5.85. The number of aromatic carboxylic acids is 1. The van der Waals surface area contributed by atoms with Gasteiger partial charge in [0.05, 0.1) is 5.56 Å². The van der Waals surface area contributed by atoms with E-state index in [4.69, 9.17) is 5.11 Å². The molecule has 17 heavy (non-hydrogen) atoms. The molecular formula is C13H11FO2S. The zero-order chi connectivity index (χ0) is 12.4. The average molecular weight is 250 g/mol. The molecule has 0 spiro atoms. The largest absolute Gasteiger partial charge is 0.478 e. The maximum Gasteiger partial charge on any atom is 0.335 e. The molecule has 0 bridgehead atoms. The average Bonchev–Trinajstić information content (AvgIpc) is 2.76. The maximum absolute atomic E-state index is 13.3. The number of carbonyl (C=O) groups is 1. The van der Waals surface area contributed by atoms with Crippen LogP contribution in [0.15, 0.2) is 29.6 Å². The molecule has 0 fully saturated rings. The van der Waals surface area contributed by atoms with Crippen molar-refractivity contribution in [2.45, 2.75) is 13.3 Å². The molecule has 0 atom stereocenters. The second kappa shape index (κ2) is 4.67. The Bertz CT molecular complexity index is 560. The van der Waals surface area contributed by atoms with Crippen LogP contribution in [0.2, 0.25) is 0 Å². The first-order chi connectivity index (χ1) is 8.10. The van der Waals surface area contributed by atoms with E-state index >= 15 is 0 Å². The van der Waals surface area contributed by atoms with E-state index in [0.29, 0.717) is 5.56 Å². The smallest absolute Gasteiger partial charge is 0.335 e. The summed E-state index contributed by atoms with van der Waals surface area (Å²) < 4.78 is 13.3. The van der Waals surface area contributed by atoms with Gasteiger partial charge >= 0.3 is 5.97 Å². The number of aryl methyl sites for hydroxylation is 1. The van der Waals surface area contributed by atoms with Crippen LogP contribution in [0.25, 0.3) is 10.4 Å². The van der Waals surface area contributed by atoms with Crippen molar-refractivity contribution in [2.24, 2.45) is 0 Å². The number of carboxylic acid groups (broad SMARTS) is 1. The summed E-state index contributed by atoms with van der Waals surface area (Å²) in [5.41, 5.74) is 1.77. The van der Waals surface area contributed by atoms with Gasteiger partial charge in [0, 0.05) is 4.88 Å². The molecule has 0 amide bonds. The lowest BCUT2D eigenvalue weighted by Crippen LogP contribution is -1.97. The summed E-state index contributed by atoms with van der Waals surface area (Å²) in [6.07, 6.45) is 0.914. The topological polar surface area (TPSA) is 37.3 Å². The number of hydrogen-bond acceptors (Lipinski definition) is 2. The number of rotatable bonds is 3. The third-order valence-corrected chi connectivity index (χ3v) is 3.52. The SMILES string of the molecule is CCc1csc(-c2cc(F)cc(C(=O)O)c2)c1. The van der Waals surface area contributed by atoms with E-state index in [2.05, 4.69) is 0 Å². The molecule has 0 saturated heterocycles. The molecular weight excluding hydrogens is 239 g/mol. The highest BCUT2D eigenvalue weighted by Crippen LogP contribution is 2.29. The van der Waals surface area contributed by atoms with Crippen LogP contribution in [0.5, 0.6) is 0 Å². The Morgan fingerprint density at radius 3 is 2.71 bits per heavy atom. The standard InChI is InChI=1S/C13H11FO2S/c1-2-8-3-12(17-7-8)9-4-10(13(15)16)6-11(14)5-9/h3-7H,2H2,1H3,(H,15,16). The van der Waals surface area contributed by atoms with Crippen molar-refractivity contribution in [1.82, 2.24) is 0 Å².